The third kappa shape index (κ3) is 5.04. The van der Waals surface area contributed by atoms with Gasteiger partial charge in [-0.05, 0) is 24.3 Å². The summed E-state index contributed by atoms with van der Waals surface area (Å²) in [6.07, 6.45) is 0.884. The van der Waals surface area contributed by atoms with Gasteiger partial charge in [0, 0.05) is 26.1 Å². The molecule has 0 saturated carbocycles. The van der Waals surface area contributed by atoms with Gasteiger partial charge in [-0.25, -0.2) is 8.42 Å². The number of sulfone groups is 1. The number of nitrogens with zero attached hydrogens (tertiary/aromatic N) is 3. The number of fused-ring (bicyclic) bond motifs is 1. The first kappa shape index (κ1) is 18.4. The van der Waals surface area contributed by atoms with Crippen molar-refractivity contribution >= 4 is 15.7 Å². The van der Waals surface area contributed by atoms with Gasteiger partial charge in [0.1, 0.15) is 0 Å². The monoisotopic (exact) mass is 368 g/mol. The molecule has 140 valence electrons. The minimum Gasteiger partial charge on any atom is -0.350 e. The second kappa shape index (κ2) is 7.45. The van der Waals surface area contributed by atoms with Crippen LogP contribution >= 0.6 is 0 Å². The zero-order valence-electron chi connectivity index (χ0n) is 15.1. The Labute approximate surface area is 149 Å². The Bertz CT molecular complexity index is 726. The molecule has 0 aromatic carbocycles. The largest absolute Gasteiger partial charge is 0.350 e. The van der Waals surface area contributed by atoms with Crippen LogP contribution in [-0.2, 0) is 34.3 Å². The van der Waals surface area contributed by atoms with Crippen molar-refractivity contribution in [3.8, 4) is 0 Å². The lowest BCUT2D eigenvalue weighted by Gasteiger charge is -2.28. The number of carbonyl (C=O) groups excluding carboxylic acids is 1. The molecule has 3 rings (SSSR count). The number of hydrogen-bond donors (Lipinski definition) is 1. The van der Waals surface area contributed by atoms with Gasteiger partial charge in [-0.1, -0.05) is 13.8 Å². The summed E-state index contributed by atoms with van der Waals surface area (Å²) in [5.74, 6) is 0.878. The highest BCUT2D eigenvalue weighted by molar-refractivity contribution is 7.91. The first-order chi connectivity index (χ1) is 11.8. The summed E-state index contributed by atoms with van der Waals surface area (Å²) in [6, 6.07) is 2.06. The SMILES string of the molecule is CC(C)CN1CCn2nc(CNC(=O)CC3CCS(=O)(=O)C3)cc2C1. The third-order valence-electron chi connectivity index (χ3n) is 4.82. The molecule has 0 bridgehead atoms. The molecule has 1 aromatic rings. The smallest absolute Gasteiger partial charge is 0.220 e. The first-order valence-electron chi connectivity index (χ1n) is 9.06. The van der Waals surface area contributed by atoms with E-state index < -0.39 is 9.84 Å². The topological polar surface area (TPSA) is 84.3 Å². The van der Waals surface area contributed by atoms with Crippen LogP contribution in [0.3, 0.4) is 0 Å². The highest BCUT2D eigenvalue weighted by Crippen LogP contribution is 2.21. The predicted molar refractivity (Wildman–Crippen MR) is 95.6 cm³/mol. The average Bonchev–Trinajstić information content (AvgIpc) is 3.06. The van der Waals surface area contributed by atoms with Crippen LogP contribution in [0.2, 0.25) is 0 Å². The summed E-state index contributed by atoms with van der Waals surface area (Å²) in [5, 5.41) is 7.45. The summed E-state index contributed by atoms with van der Waals surface area (Å²) >= 11 is 0. The molecule has 25 heavy (non-hydrogen) atoms. The molecule has 0 aliphatic carbocycles. The maximum Gasteiger partial charge on any atom is 0.220 e. The van der Waals surface area contributed by atoms with Gasteiger partial charge in [0.25, 0.3) is 0 Å². The van der Waals surface area contributed by atoms with Crippen molar-refractivity contribution in [1.82, 2.24) is 20.0 Å². The van der Waals surface area contributed by atoms with E-state index >= 15 is 0 Å². The minimum atomic E-state index is -2.92. The van der Waals surface area contributed by atoms with Crippen LogP contribution in [0, 0.1) is 11.8 Å². The van der Waals surface area contributed by atoms with Gasteiger partial charge in [0.05, 0.1) is 36.0 Å². The van der Waals surface area contributed by atoms with E-state index in [1.807, 2.05) is 4.68 Å². The Morgan fingerprint density at radius 3 is 2.88 bits per heavy atom. The van der Waals surface area contributed by atoms with Crippen molar-refractivity contribution in [3.05, 3.63) is 17.5 Å². The van der Waals surface area contributed by atoms with Crippen molar-refractivity contribution in [1.29, 1.82) is 0 Å². The molecule has 1 amide bonds. The van der Waals surface area contributed by atoms with Gasteiger partial charge in [0.2, 0.25) is 5.91 Å². The number of hydrogen-bond acceptors (Lipinski definition) is 5. The van der Waals surface area contributed by atoms with E-state index in [4.69, 9.17) is 0 Å². The standard InChI is InChI=1S/C17H28N4O3S/c1-13(2)10-20-4-5-21-16(11-20)8-15(19-21)9-18-17(22)7-14-3-6-25(23,24)12-14/h8,13-14H,3-7,9-12H2,1-2H3,(H,18,22). The fourth-order valence-corrected chi connectivity index (χ4v) is 5.56. The van der Waals surface area contributed by atoms with Crippen LogP contribution in [0.25, 0.3) is 0 Å². The number of aromatic nitrogens is 2. The highest BCUT2D eigenvalue weighted by Gasteiger charge is 2.29. The van der Waals surface area contributed by atoms with Crippen LogP contribution in [0.1, 0.15) is 38.1 Å². The Balaban J connectivity index is 1.48. The van der Waals surface area contributed by atoms with Crippen molar-refractivity contribution in [3.63, 3.8) is 0 Å². The summed E-state index contributed by atoms with van der Waals surface area (Å²) in [5.41, 5.74) is 2.06. The molecule has 7 nitrogen and oxygen atoms in total. The zero-order chi connectivity index (χ0) is 18.0. The van der Waals surface area contributed by atoms with Gasteiger partial charge >= 0.3 is 0 Å². The Morgan fingerprint density at radius 1 is 1.40 bits per heavy atom. The number of amides is 1. The van der Waals surface area contributed by atoms with E-state index in [2.05, 4.69) is 35.2 Å². The molecule has 8 heteroatoms. The molecule has 1 fully saturated rings. The number of rotatable bonds is 6. The van der Waals surface area contributed by atoms with Crippen LogP contribution < -0.4 is 5.32 Å². The maximum absolute atomic E-state index is 12.1. The molecule has 1 aromatic heterocycles. The molecule has 1 N–H and O–H groups in total. The second-order valence-corrected chi connectivity index (χ2v) is 9.96. The predicted octanol–water partition coefficient (Wildman–Crippen LogP) is 0.796. The lowest BCUT2D eigenvalue weighted by atomic mass is 10.1. The third-order valence-corrected chi connectivity index (χ3v) is 6.66. The number of carbonyl (C=O) groups is 1. The molecule has 0 spiro atoms. The van der Waals surface area contributed by atoms with Crippen molar-refractivity contribution < 1.29 is 13.2 Å². The van der Waals surface area contributed by atoms with Crippen molar-refractivity contribution in [2.24, 2.45) is 11.8 Å². The summed E-state index contributed by atoms with van der Waals surface area (Å²) in [6.45, 7) is 8.73. The lowest BCUT2D eigenvalue weighted by Crippen LogP contribution is -2.36. The average molecular weight is 369 g/mol. The molecule has 2 aliphatic rings. The van der Waals surface area contributed by atoms with Crippen molar-refractivity contribution in [2.75, 3.05) is 24.6 Å². The fraction of sp³-hybridized carbons (Fsp3) is 0.765. The van der Waals surface area contributed by atoms with E-state index in [0.29, 0.717) is 18.9 Å². The molecule has 0 radical (unpaired) electrons. The molecule has 2 aliphatic heterocycles. The molecule has 1 atom stereocenters. The van der Waals surface area contributed by atoms with E-state index in [9.17, 15) is 13.2 Å². The number of nitrogens with one attached hydrogen (secondary N) is 1. The van der Waals surface area contributed by atoms with Crippen LogP contribution in [0.4, 0.5) is 0 Å². The first-order valence-corrected chi connectivity index (χ1v) is 10.9. The Hall–Kier alpha value is -1.41. The summed E-state index contributed by atoms with van der Waals surface area (Å²) in [4.78, 5) is 14.5. The summed E-state index contributed by atoms with van der Waals surface area (Å²) in [7, 11) is -2.92. The Kier molecular flexibility index (Phi) is 5.48. The van der Waals surface area contributed by atoms with Gasteiger partial charge in [-0.15, -0.1) is 0 Å². The van der Waals surface area contributed by atoms with E-state index in [-0.39, 0.29) is 29.8 Å². The normalized spacial score (nSPS) is 22.9. The van der Waals surface area contributed by atoms with Crippen LogP contribution in [0.15, 0.2) is 6.07 Å². The van der Waals surface area contributed by atoms with Gasteiger partial charge in [-0.3, -0.25) is 14.4 Å². The maximum atomic E-state index is 12.1. The van der Waals surface area contributed by atoms with Crippen LogP contribution in [0.5, 0.6) is 0 Å². The summed E-state index contributed by atoms with van der Waals surface area (Å²) < 4.78 is 24.9. The lowest BCUT2D eigenvalue weighted by molar-refractivity contribution is -0.122. The molecule has 1 unspecified atom stereocenters. The zero-order valence-corrected chi connectivity index (χ0v) is 15.9. The molecular weight excluding hydrogens is 340 g/mol. The molecule has 3 heterocycles. The Morgan fingerprint density at radius 2 is 2.20 bits per heavy atom. The van der Waals surface area contributed by atoms with Crippen molar-refractivity contribution in [2.45, 2.75) is 46.3 Å². The van der Waals surface area contributed by atoms with E-state index in [1.54, 1.807) is 0 Å². The second-order valence-electron chi connectivity index (χ2n) is 7.73. The van der Waals surface area contributed by atoms with E-state index in [0.717, 1.165) is 31.9 Å². The van der Waals surface area contributed by atoms with Gasteiger partial charge < -0.3 is 5.32 Å². The highest BCUT2D eigenvalue weighted by atomic mass is 32.2. The minimum absolute atomic E-state index is 0.0372. The quantitative estimate of drug-likeness (QED) is 0.803. The molecule has 1 saturated heterocycles. The van der Waals surface area contributed by atoms with E-state index in [1.165, 1.54) is 5.69 Å². The van der Waals surface area contributed by atoms with Gasteiger partial charge in [0.15, 0.2) is 9.84 Å². The molecular formula is C17H28N4O3S. The fourth-order valence-electron chi connectivity index (χ4n) is 3.70. The van der Waals surface area contributed by atoms with Crippen LogP contribution in [-0.4, -0.2) is 53.6 Å². The van der Waals surface area contributed by atoms with Gasteiger partial charge in [-0.2, -0.15) is 5.10 Å².